The van der Waals surface area contributed by atoms with E-state index in [0.717, 1.165) is 18.5 Å². The highest BCUT2D eigenvalue weighted by molar-refractivity contribution is 7.89. The number of rotatable bonds is 9. The zero-order valence-electron chi connectivity index (χ0n) is 11.8. The molecule has 0 fully saturated rings. The van der Waals surface area contributed by atoms with Crippen LogP contribution in [0.3, 0.4) is 0 Å². The van der Waals surface area contributed by atoms with Crippen molar-refractivity contribution in [3.63, 3.8) is 0 Å². The van der Waals surface area contributed by atoms with Gasteiger partial charge >= 0.3 is 0 Å². The van der Waals surface area contributed by atoms with Crippen LogP contribution in [0.15, 0.2) is 29.2 Å². The van der Waals surface area contributed by atoms with Crippen LogP contribution in [-0.2, 0) is 10.0 Å². The van der Waals surface area contributed by atoms with Crippen LogP contribution in [0.1, 0.15) is 39.0 Å². The fraction of sp³-hybridized carbons (Fsp3) is 0.571. The van der Waals surface area contributed by atoms with Crippen molar-refractivity contribution in [2.24, 2.45) is 0 Å². The molecule has 0 saturated carbocycles. The van der Waals surface area contributed by atoms with Crippen LogP contribution in [-0.4, -0.2) is 22.0 Å². The Morgan fingerprint density at radius 3 is 2.21 bits per heavy atom. The van der Waals surface area contributed by atoms with E-state index < -0.39 is 10.0 Å². The summed E-state index contributed by atoms with van der Waals surface area (Å²) < 4.78 is 26.6. The van der Waals surface area contributed by atoms with Crippen molar-refractivity contribution in [2.45, 2.75) is 43.9 Å². The van der Waals surface area contributed by atoms with Gasteiger partial charge in [-0.25, -0.2) is 13.1 Å². The fourth-order valence-electron chi connectivity index (χ4n) is 1.82. The third-order valence-electron chi connectivity index (χ3n) is 3.03. The number of nitrogens with one attached hydrogen (secondary N) is 2. The number of unbranched alkanes of at least 4 members (excludes halogenated alkanes) is 4. The molecular weight excluding hydrogens is 260 g/mol. The Balaban J connectivity index is 2.42. The van der Waals surface area contributed by atoms with Gasteiger partial charge < -0.3 is 5.32 Å². The summed E-state index contributed by atoms with van der Waals surface area (Å²) >= 11 is 0. The van der Waals surface area contributed by atoms with E-state index in [1.165, 1.54) is 19.3 Å². The van der Waals surface area contributed by atoms with Crippen LogP contribution in [0.25, 0.3) is 0 Å². The maximum Gasteiger partial charge on any atom is 0.240 e. The summed E-state index contributed by atoms with van der Waals surface area (Å²) in [5.74, 6) is 0. The topological polar surface area (TPSA) is 58.2 Å². The molecule has 0 aromatic heterocycles. The first kappa shape index (κ1) is 16.0. The van der Waals surface area contributed by atoms with Crippen LogP contribution in [0.5, 0.6) is 0 Å². The van der Waals surface area contributed by atoms with Gasteiger partial charge in [-0.2, -0.15) is 0 Å². The second-order valence-corrected chi connectivity index (χ2v) is 6.35. The standard InChI is InChI=1S/C14H24N2O2S/c1-3-4-5-6-7-12-16-19(17,18)14-10-8-13(15-2)9-11-14/h8-11,15-16H,3-7,12H2,1-2H3. The van der Waals surface area contributed by atoms with E-state index in [4.69, 9.17) is 0 Å². The van der Waals surface area contributed by atoms with Gasteiger partial charge in [-0.3, -0.25) is 0 Å². The minimum Gasteiger partial charge on any atom is -0.388 e. The molecule has 2 N–H and O–H groups in total. The summed E-state index contributed by atoms with van der Waals surface area (Å²) in [6, 6.07) is 6.75. The Labute approximate surface area is 116 Å². The highest BCUT2D eigenvalue weighted by Crippen LogP contribution is 2.13. The van der Waals surface area contributed by atoms with Crippen molar-refractivity contribution < 1.29 is 8.42 Å². The molecule has 0 amide bonds. The predicted octanol–water partition coefficient (Wildman–Crippen LogP) is 2.98. The van der Waals surface area contributed by atoms with Gasteiger partial charge in [-0.15, -0.1) is 0 Å². The van der Waals surface area contributed by atoms with Crippen molar-refractivity contribution in [2.75, 3.05) is 18.9 Å². The van der Waals surface area contributed by atoms with Crippen molar-refractivity contribution in [3.05, 3.63) is 24.3 Å². The van der Waals surface area contributed by atoms with Crippen molar-refractivity contribution in [1.82, 2.24) is 4.72 Å². The molecule has 0 radical (unpaired) electrons. The second kappa shape index (κ2) is 8.17. The molecule has 0 unspecified atom stereocenters. The predicted molar refractivity (Wildman–Crippen MR) is 79.9 cm³/mol. The molecule has 1 aromatic rings. The molecule has 0 aliphatic carbocycles. The molecule has 4 nitrogen and oxygen atoms in total. The van der Waals surface area contributed by atoms with Crippen LogP contribution in [0.4, 0.5) is 5.69 Å². The number of benzene rings is 1. The lowest BCUT2D eigenvalue weighted by atomic mass is 10.2. The number of anilines is 1. The number of hydrogen-bond acceptors (Lipinski definition) is 3. The summed E-state index contributed by atoms with van der Waals surface area (Å²) in [4.78, 5) is 0.319. The van der Waals surface area contributed by atoms with Gasteiger partial charge in [-0.1, -0.05) is 32.6 Å². The van der Waals surface area contributed by atoms with Gasteiger partial charge in [0.1, 0.15) is 0 Å². The molecule has 108 valence electrons. The van der Waals surface area contributed by atoms with E-state index >= 15 is 0 Å². The zero-order valence-corrected chi connectivity index (χ0v) is 12.6. The summed E-state index contributed by atoms with van der Waals surface area (Å²) in [5.41, 5.74) is 0.901. The van der Waals surface area contributed by atoms with Crippen molar-refractivity contribution in [3.8, 4) is 0 Å². The smallest absolute Gasteiger partial charge is 0.240 e. The fourth-order valence-corrected chi connectivity index (χ4v) is 2.89. The van der Waals surface area contributed by atoms with Gasteiger partial charge in [0.15, 0.2) is 0 Å². The number of sulfonamides is 1. The van der Waals surface area contributed by atoms with E-state index in [1.54, 1.807) is 31.3 Å². The Kier molecular flexibility index (Phi) is 6.87. The Morgan fingerprint density at radius 2 is 1.63 bits per heavy atom. The van der Waals surface area contributed by atoms with Crippen LogP contribution < -0.4 is 10.0 Å². The normalized spacial score (nSPS) is 11.5. The third kappa shape index (κ3) is 5.61. The van der Waals surface area contributed by atoms with E-state index in [0.29, 0.717) is 11.4 Å². The molecule has 1 rings (SSSR count). The summed E-state index contributed by atoms with van der Waals surface area (Å²) in [6.07, 6.45) is 5.57. The first-order valence-electron chi connectivity index (χ1n) is 6.87. The van der Waals surface area contributed by atoms with Gasteiger partial charge in [0.2, 0.25) is 10.0 Å². The highest BCUT2D eigenvalue weighted by Gasteiger charge is 2.12. The lowest BCUT2D eigenvalue weighted by Crippen LogP contribution is -2.24. The van der Waals surface area contributed by atoms with E-state index in [9.17, 15) is 8.42 Å². The van der Waals surface area contributed by atoms with E-state index in [-0.39, 0.29) is 0 Å². The summed E-state index contributed by atoms with van der Waals surface area (Å²) in [6.45, 7) is 2.68. The Bertz CT molecular complexity index is 455. The van der Waals surface area contributed by atoms with E-state index in [1.807, 2.05) is 0 Å². The lowest BCUT2D eigenvalue weighted by molar-refractivity contribution is 0.571. The molecule has 5 heteroatoms. The second-order valence-electron chi connectivity index (χ2n) is 4.59. The minimum absolute atomic E-state index is 0.319. The monoisotopic (exact) mass is 284 g/mol. The minimum atomic E-state index is -3.36. The first-order chi connectivity index (χ1) is 9.10. The molecule has 0 bridgehead atoms. The molecule has 0 heterocycles. The molecule has 0 atom stereocenters. The van der Waals surface area contributed by atoms with Gasteiger partial charge in [0.25, 0.3) is 0 Å². The zero-order chi connectivity index (χ0) is 14.1. The van der Waals surface area contributed by atoms with Gasteiger partial charge in [0, 0.05) is 19.3 Å². The summed E-state index contributed by atoms with van der Waals surface area (Å²) in [7, 11) is -1.55. The Hall–Kier alpha value is -1.07. The maximum absolute atomic E-state index is 12.0. The lowest BCUT2D eigenvalue weighted by Gasteiger charge is -2.07. The maximum atomic E-state index is 12.0. The summed E-state index contributed by atoms with van der Waals surface area (Å²) in [5, 5.41) is 2.96. The SMILES string of the molecule is CCCCCCCNS(=O)(=O)c1ccc(NC)cc1. The first-order valence-corrected chi connectivity index (χ1v) is 8.36. The molecule has 0 saturated heterocycles. The van der Waals surface area contributed by atoms with Gasteiger partial charge in [0.05, 0.1) is 4.90 Å². The van der Waals surface area contributed by atoms with Crippen molar-refractivity contribution >= 4 is 15.7 Å². The van der Waals surface area contributed by atoms with Crippen LogP contribution >= 0.6 is 0 Å². The van der Waals surface area contributed by atoms with Crippen molar-refractivity contribution in [1.29, 1.82) is 0 Å². The molecule has 0 aliphatic heterocycles. The van der Waals surface area contributed by atoms with Crippen LogP contribution in [0, 0.1) is 0 Å². The highest BCUT2D eigenvalue weighted by atomic mass is 32.2. The van der Waals surface area contributed by atoms with Crippen LogP contribution in [0.2, 0.25) is 0 Å². The quantitative estimate of drug-likeness (QED) is 0.685. The molecule has 19 heavy (non-hydrogen) atoms. The molecule has 0 aliphatic rings. The third-order valence-corrected chi connectivity index (χ3v) is 4.50. The molecule has 1 aromatic carbocycles. The average Bonchev–Trinajstić information content (AvgIpc) is 2.43. The Morgan fingerprint density at radius 1 is 1.00 bits per heavy atom. The largest absolute Gasteiger partial charge is 0.388 e. The van der Waals surface area contributed by atoms with E-state index in [2.05, 4.69) is 17.0 Å². The number of hydrogen-bond donors (Lipinski definition) is 2. The molecule has 0 spiro atoms. The average molecular weight is 284 g/mol. The molecular formula is C14H24N2O2S. The van der Waals surface area contributed by atoms with Gasteiger partial charge in [-0.05, 0) is 30.7 Å².